The average Bonchev–Trinajstić information content (AvgIpc) is 2.43. The Morgan fingerprint density at radius 1 is 1.20 bits per heavy atom. The van der Waals surface area contributed by atoms with E-state index in [4.69, 9.17) is 0 Å². The van der Waals surface area contributed by atoms with Gasteiger partial charge in [-0.15, -0.1) is 0 Å². The monoisotopic (exact) mass is 342 g/mol. The number of benzene rings is 1. The summed E-state index contributed by atoms with van der Waals surface area (Å²) in [5.74, 6) is -0.630. The summed E-state index contributed by atoms with van der Waals surface area (Å²) < 4.78 is 26.6. The fraction of sp³-hybridized carbons (Fsp3) is 0.231. The van der Waals surface area contributed by atoms with Gasteiger partial charge in [-0.25, -0.2) is 13.8 Å². The molecule has 2 N–H and O–H groups in total. The summed E-state index contributed by atoms with van der Waals surface area (Å²) >= 11 is 3.33. The predicted molar refractivity (Wildman–Crippen MR) is 77.6 cm³/mol. The molecule has 0 saturated heterocycles. The average molecular weight is 343 g/mol. The van der Waals surface area contributed by atoms with E-state index in [1.807, 2.05) is 6.92 Å². The van der Waals surface area contributed by atoms with E-state index in [2.05, 4.69) is 36.5 Å². The number of anilines is 2. The topological polar surface area (TPSA) is 49.8 Å². The predicted octanol–water partition coefficient (Wildman–Crippen LogP) is 3.56. The van der Waals surface area contributed by atoms with E-state index in [0.717, 1.165) is 12.1 Å². The molecule has 0 amide bonds. The van der Waals surface area contributed by atoms with Crippen LogP contribution in [0.4, 0.5) is 20.5 Å². The molecule has 0 aliphatic rings. The Bertz CT molecular complexity index is 607. The lowest BCUT2D eigenvalue weighted by molar-refractivity contribution is 0.507. The number of hydrogen-bond acceptors (Lipinski definition) is 4. The summed E-state index contributed by atoms with van der Waals surface area (Å²) in [6.45, 7) is 2.99. The van der Waals surface area contributed by atoms with E-state index in [0.29, 0.717) is 34.9 Å². The molecule has 0 radical (unpaired) electrons. The molecule has 0 aliphatic heterocycles. The first-order chi connectivity index (χ1) is 9.60. The third-order valence-electron chi connectivity index (χ3n) is 2.52. The molecule has 0 spiro atoms. The number of hydrogen-bond donors (Lipinski definition) is 2. The first-order valence-electron chi connectivity index (χ1n) is 6.04. The fourth-order valence-electron chi connectivity index (χ4n) is 1.57. The van der Waals surface area contributed by atoms with Gasteiger partial charge in [0.2, 0.25) is 5.95 Å². The van der Waals surface area contributed by atoms with Gasteiger partial charge in [-0.3, -0.25) is 0 Å². The summed E-state index contributed by atoms with van der Waals surface area (Å²) in [5.41, 5.74) is 0.624. The largest absolute Gasteiger partial charge is 0.365 e. The molecule has 1 aromatic carbocycles. The lowest BCUT2D eigenvalue weighted by atomic mass is 10.2. The van der Waals surface area contributed by atoms with E-state index < -0.39 is 11.6 Å². The van der Waals surface area contributed by atoms with E-state index in [9.17, 15) is 8.78 Å². The second-order valence-electron chi connectivity index (χ2n) is 4.02. The number of nitrogens with one attached hydrogen (secondary N) is 2. The molecule has 0 aliphatic carbocycles. The van der Waals surface area contributed by atoms with Crippen LogP contribution in [-0.4, -0.2) is 16.5 Å². The van der Waals surface area contributed by atoms with Gasteiger partial charge in [0.05, 0.1) is 4.47 Å². The van der Waals surface area contributed by atoms with E-state index in [1.54, 1.807) is 6.20 Å². The summed E-state index contributed by atoms with van der Waals surface area (Å²) in [7, 11) is 0. The number of aromatic nitrogens is 2. The molecule has 106 valence electrons. The maximum Gasteiger partial charge on any atom is 0.224 e. The summed E-state index contributed by atoms with van der Waals surface area (Å²) in [4.78, 5) is 8.36. The molecular weight excluding hydrogens is 330 g/mol. The zero-order valence-electron chi connectivity index (χ0n) is 10.8. The van der Waals surface area contributed by atoms with Gasteiger partial charge >= 0.3 is 0 Å². The Kier molecular flexibility index (Phi) is 4.84. The van der Waals surface area contributed by atoms with Gasteiger partial charge < -0.3 is 10.6 Å². The second kappa shape index (κ2) is 6.60. The van der Waals surface area contributed by atoms with Crippen molar-refractivity contribution in [1.82, 2.24) is 9.97 Å². The highest BCUT2D eigenvalue weighted by molar-refractivity contribution is 9.10. The molecule has 0 unspecified atom stereocenters. The Balaban J connectivity index is 2.09. The molecule has 0 fully saturated rings. The van der Waals surface area contributed by atoms with Crippen molar-refractivity contribution in [2.24, 2.45) is 0 Å². The van der Waals surface area contributed by atoms with Gasteiger partial charge in [-0.05, 0) is 40.5 Å². The Hall–Kier alpha value is -1.76. The van der Waals surface area contributed by atoms with E-state index in [-0.39, 0.29) is 0 Å². The zero-order chi connectivity index (χ0) is 14.5. The summed E-state index contributed by atoms with van der Waals surface area (Å²) in [5, 5.41) is 6.04. The molecule has 2 aromatic rings. The van der Waals surface area contributed by atoms with Crippen molar-refractivity contribution in [2.75, 3.05) is 17.2 Å². The molecule has 1 heterocycles. The standard InChI is InChI=1S/C13H13BrF2N4/c1-2-17-13-19-7-9(14)12(20-13)18-6-8-3-4-10(15)11(16)5-8/h3-5,7H,2,6H2,1H3,(H2,17,18,19,20). The van der Waals surface area contributed by atoms with Crippen LogP contribution in [0.2, 0.25) is 0 Å². The van der Waals surface area contributed by atoms with Crippen LogP contribution in [-0.2, 0) is 6.54 Å². The van der Waals surface area contributed by atoms with Crippen molar-refractivity contribution in [1.29, 1.82) is 0 Å². The van der Waals surface area contributed by atoms with Crippen LogP contribution in [0.5, 0.6) is 0 Å². The quantitative estimate of drug-likeness (QED) is 0.872. The summed E-state index contributed by atoms with van der Waals surface area (Å²) in [6, 6.07) is 3.78. The fourth-order valence-corrected chi connectivity index (χ4v) is 1.90. The van der Waals surface area contributed by atoms with Gasteiger partial charge in [-0.1, -0.05) is 6.07 Å². The molecule has 7 heteroatoms. The van der Waals surface area contributed by atoms with Crippen LogP contribution in [0.15, 0.2) is 28.9 Å². The van der Waals surface area contributed by atoms with Crippen molar-refractivity contribution >= 4 is 27.7 Å². The van der Waals surface area contributed by atoms with Gasteiger partial charge in [0.15, 0.2) is 11.6 Å². The number of halogens is 3. The Morgan fingerprint density at radius 2 is 2.00 bits per heavy atom. The van der Waals surface area contributed by atoms with Crippen LogP contribution in [0, 0.1) is 11.6 Å². The summed E-state index contributed by atoms with van der Waals surface area (Å²) in [6.07, 6.45) is 1.62. The molecule has 0 atom stereocenters. The lowest BCUT2D eigenvalue weighted by Gasteiger charge is -2.09. The molecule has 4 nitrogen and oxygen atoms in total. The van der Waals surface area contributed by atoms with E-state index >= 15 is 0 Å². The number of nitrogens with zero attached hydrogens (tertiary/aromatic N) is 2. The van der Waals surface area contributed by atoms with Crippen LogP contribution in [0.25, 0.3) is 0 Å². The third-order valence-corrected chi connectivity index (χ3v) is 3.10. The van der Waals surface area contributed by atoms with E-state index in [1.165, 1.54) is 6.07 Å². The highest BCUT2D eigenvalue weighted by atomic mass is 79.9. The lowest BCUT2D eigenvalue weighted by Crippen LogP contribution is -2.07. The van der Waals surface area contributed by atoms with Gasteiger partial charge in [-0.2, -0.15) is 4.98 Å². The van der Waals surface area contributed by atoms with Gasteiger partial charge in [0.25, 0.3) is 0 Å². The van der Waals surface area contributed by atoms with Crippen molar-refractivity contribution in [3.8, 4) is 0 Å². The first-order valence-corrected chi connectivity index (χ1v) is 6.83. The molecule has 0 bridgehead atoms. The third kappa shape index (κ3) is 3.63. The number of rotatable bonds is 5. The zero-order valence-corrected chi connectivity index (χ0v) is 12.3. The van der Waals surface area contributed by atoms with Crippen molar-refractivity contribution in [3.05, 3.63) is 46.1 Å². The maximum atomic E-state index is 13.1. The highest BCUT2D eigenvalue weighted by Crippen LogP contribution is 2.21. The molecule has 20 heavy (non-hydrogen) atoms. The minimum absolute atomic E-state index is 0.332. The van der Waals surface area contributed by atoms with Crippen LogP contribution < -0.4 is 10.6 Å². The highest BCUT2D eigenvalue weighted by Gasteiger charge is 2.06. The molecule has 2 rings (SSSR count). The van der Waals surface area contributed by atoms with Crippen molar-refractivity contribution < 1.29 is 8.78 Å². The SMILES string of the molecule is CCNc1ncc(Br)c(NCc2ccc(F)c(F)c2)n1. The first kappa shape index (κ1) is 14.6. The Morgan fingerprint density at radius 3 is 2.70 bits per heavy atom. The smallest absolute Gasteiger partial charge is 0.224 e. The molecular formula is C13H13BrF2N4. The van der Waals surface area contributed by atoms with Crippen LogP contribution in [0.1, 0.15) is 12.5 Å². The van der Waals surface area contributed by atoms with Crippen LogP contribution >= 0.6 is 15.9 Å². The normalized spacial score (nSPS) is 10.4. The van der Waals surface area contributed by atoms with Crippen LogP contribution in [0.3, 0.4) is 0 Å². The van der Waals surface area contributed by atoms with Crippen molar-refractivity contribution in [3.63, 3.8) is 0 Å². The van der Waals surface area contributed by atoms with Gasteiger partial charge in [0.1, 0.15) is 5.82 Å². The molecule has 1 aromatic heterocycles. The minimum Gasteiger partial charge on any atom is -0.365 e. The second-order valence-corrected chi connectivity index (χ2v) is 4.88. The van der Waals surface area contributed by atoms with Gasteiger partial charge in [0, 0.05) is 19.3 Å². The maximum absolute atomic E-state index is 13.1. The molecule has 0 saturated carbocycles. The minimum atomic E-state index is -0.862. The Labute approximate surface area is 123 Å². The van der Waals surface area contributed by atoms with Crippen molar-refractivity contribution in [2.45, 2.75) is 13.5 Å².